The van der Waals surface area contributed by atoms with Crippen molar-refractivity contribution in [1.82, 2.24) is 15.5 Å². The Balaban J connectivity index is 1.86. The van der Waals surface area contributed by atoms with Crippen LogP contribution < -0.4 is 5.32 Å². The molecule has 1 aliphatic carbocycles. The summed E-state index contributed by atoms with van der Waals surface area (Å²) in [5.74, 6) is 2.34. The summed E-state index contributed by atoms with van der Waals surface area (Å²) in [5, 5.41) is 6.97. The lowest BCUT2D eigenvalue weighted by Crippen LogP contribution is -2.07. The monoisotopic (exact) mass is 223 g/mol. The number of rotatable bonds is 4. The van der Waals surface area contributed by atoms with E-state index in [1.54, 1.807) is 0 Å². The van der Waals surface area contributed by atoms with Crippen LogP contribution in [0.1, 0.15) is 50.2 Å². The van der Waals surface area contributed by atoms with E-state index < -0.39 is 0 Å². The SMILES string of the molecule is CNCc1noc(CC2CCCCCC2)n1. The first-order chi connectivity index (χ1) is 7.88. The summed E-state index contributed by atoms with van der Waals surface area (Å²) in [6.45, 7) is 0.689. The van der Waals surface area contributed by atoms with Gasteiger partial charge in [0.25, 0.3) is 0 Å². The second-order valence-electron chi connectivity index (χ2n) is 4.70. The standard InChI is InChI=1S/C12H21N3O/c1-13-9-11-14-12(16-15-11)8-10-6-4-2-3-5-7-10/h10,13H,2-9H2,1H3. The topological polar surface area (TPSA) is 51.0 Å². The summed E-state index contributed by atoms with van der Waals surface area (Å²) in [5.41, 5.74) is 0. The smallest absolute Gasteiger partial charge is 0.226 e. The van der Waals surface area contributed by atoms with Crippen molar-refractivity contribution in [2.24, 2.45) is 5.92 Å². The Morgan fingerprint density at radius 2 is 2.00 bits per heavy atom. The average Bonchev–Trinajstić information content (AvgIpc) is 2.56. The number of nitrogens with one attached hydrogen (secondary N) is 1. The average molecular weight is 223 g/mol. The minimum Gasteiger partial charge on any atom is -0.339 e. The molecule has 0 spiro atoms. The highest BCUT2D eigenvalue weighted by atomic mass is 16.5. The maximum Gasteiger partial charge on any atom is 0.226 e. The summed E-state index contributed by atoms with van der Waals surface area (Å²) in [7, 11) is 1.89. The van der Waals surface area contributed by atoms with E-state index in [0.717, 1.165) is 24.1 Å². The van der Waals surface area contributed by atoms with Gasteiger partial charge in [0, 0.05) is 6.42 Å². The molecule has 1 aliphatic rings. The highest BCUT2D eigenvalue weighted by Crippen LogP contribution is 2.25. The predicted molar refractivity (Wildman–Crippen MR) is 62.0 cm³/mol. The molecule has 0 unspecified atom stereocenters. The third-order valence-corrected chi connectivity index (χ3v) is 3.28. The molecule has 0 bridgehead atoms. The minimum absolute atomic E-state index is 0.689. The van der Waals surface area contributed by atoms with Crippen molar-refractivity contribution in [3.8, 4) is 0 Å². The van der Waals surface area contributed by atoms with E-state index in [4.69, 9.17) is 4.52 Å². The van der Waals surface area contributed by atoms with Crippen LogP contribution in [0.2, 0.25) is 0 Å². The largest absolute Gasteiger partial charge is 0.339 e. The summed E-state index contributed by atoms with van der Waals surface area (Å²) in [4.78, 5) is 4.38. The zero-order chi connectivity index (χ0) is 11.2. The van der Waals surface area contributed by atoms with Crippen molar-refractivity contribution in [2.75, 3.05) is 7.05 Å². The Kier molecular flexibility index (Phi) is 4.34. The number of nitrogens with zero attached hydrogens (tertiary/aromatic N) is 2. The summed E-state index contributed by atoms with van der Waals surface area (Å²) in [6, 6.07) is 0. The Labute approximate surface area is 96.8 Å². The Morgan fingerprint density at radius 3 is 2.69 bits per heavy atom. The van der Waals surface area contributed by atoms with Gasteiger partial charge in [-0.1, -0.05) is 30.8 Å². The van der Waals surface area contributed by atoms with E-state index in [9.17, 15) is 0 Å². The first-order valence-corrected chi connectivity index (χ1v) is 6.34. The van der Waals surface area contributed by atoms with E-state index in [1.165, 1.54) is 38.5 Å². The molecule has 0 saturated heterocycles. The molecule has 1 aromatic rings. The molecule has 0 aliphatic heterocycles. The molecule has 1 aromatic heterocycles. The van der Waals surface area contributed by atoms with Crippen LogP contribution in [0.25, 0.3) is 0 Å². The van der Waals surface area contributed by atoms with Crippen molar-refractivity contribution >= 4 is 0 Å². The normalized spacial score (nSPS) is 18.6. The molecule has 1 N–H and O–H groups in total. The van der Waals surface area contributed by atoms with Crippen LogP contribution >= 0.6 is 0 Å². The van der Waals surface area contributed by atoms with Gasteiger partial charge in [-0.25, -0.2) is 0 Å². The zero-order valence-corrected chi connectivity index (χ0v) is 10.0. The fraction of sp³-hybridized carbons (Fsp3) is 0.833. The first-order valence-electron chi connectivity index (χ1n) is 6.34. The Bertz CT molecular complexity index is 303. The van der Waals surface area contributed by atoms with Crippen LogP contribution in [0.3, 0.4) is 0 Å². The Hall–Kier alpha value is -0.900. The van der Waals surface area contributed by atoms with Crippen LogP contribution in [-0.2, 0) is 13.0 Å². The van der Waals surface area contributed by atoms with Crippen molar-refractivity contribution < 1.29 is 4.52 Å². The van der Waals surface area contributed by atoms with Crippen LogP contribution in [0.4, 0.5) is 0 Å². The van der Waals surface area contributed by atoms with Gasteiger partial charge in [0.15, 0.2) is 5.82 Å². The van der Waals surface area contributed by atoms with Gasteiger partial charge in [0.1, 0.15) is 0 Å². The summed E-state index contributed by atoms with van der Waals surface area (Å²) < 4.78 is 5.26. The Morgan fingerprint density at radius 1 is 1.25 bits per heavy atom. The van der Waals surface area contributed by atoms with E-state index in [1.807, 2.05) is 7.05 Å². The molecule has 0 atom stereocenters. The second kappa shape index (κ2) is 5.99. The maximum atomic E-state index is 5.26. The van der Waals surface area contributed by atoms with Gasteiger partial charge in [-0.05, 0) is 25.8 Å². The molecule has 1 fully saturated rings. The molecule has 0 amide bonds. The van der Waals surface area contributed by atoms with Gasteiger partial charge in [-0.3, -0.25) is 0 Å². The van der Waals surface area contributed by atoms with Gasteiger partial charge >= 0.3 is 0 Å². The lowest BCUT2D eigenvalue weighted by Gasteiger charge is -2.09. The first kappa shape index (κ1) is 11.6. The molecule has 4 heteroatoms. The van der Waals surface area contributed by atoms with E-state index >= 15 is 0 Å². The lowest BCUT2D eigenvalue weighted by atomic mass is 9.97. The van der Waals surface area contributed by atoms with Gasteiger partial charge in [-0.15, -0.1) is 0 Å². The minimum atomic E-state index is 0.689. The van der Waals surface area contributed by atoms with Gasteiger partial charge < -0.3 is 9.84 Å². The molecule has 0 radical (unpaired) electrons. The van der Waals surface area contributed by atoms with Crippen LogP contribution in [0.5, 0.6) is 0 Å². The van der Waals surface area contributed by atoms with Crippen molar-refractivity contribution in [3.05, 3.63) is 11.7 Å². The van der Waals surface area contributed by atoms with Crippen LogP contribution in [-0.4, -0.2) is 17.2 Å². The number of hydrogen-bond donors (Lipinski definition) is 1. The lowest BCUT2D eigenvalue weighted by molar-refractivity contribution is 0.335. The van der Waals surface area contributed by atoms with Gasteiger partial charge in [0.05, 0.1) is 6.54 Å². The maximum absolute atomic E-state index is 5.26. The molecule has 2 rings (SSSR count). The molecular weight excluding hydrogens is 202 g/mol. The zero-order valence-electron chi connectivity index (χ0n) is 10.0. The van der Waals surface area contributed by atoms with Gasteiger partial charge in [0.2, 0.25) is 5.89 Å². The molecule has 0 aromatic carbocycles. The van der Waals surface area contributed by atoms with E-state index in [0.29, 0.717) is 6.54 Å². The van der Waals surface area contributed by atoms with E-state index in [-0.39, 0.29) is 0 Å². The molecule has 90 valence electrons. The van der Waals surface area contributed by atoms with E-state index in [2.05, 4.69) is 15.5 Å². The highest BCUT2D eigenvalue weighted by Gasteiger charge is 2.16. The molecule has 4 nitrogen and oxygen atoms in total. The second-order valence-corrected chi connectivity index (χ2v) is 4.70. The molecule has 1 heterocycles. The van der Waals surface area contributed by atoms with Crippen LogP contribution in [0, 0.1) is 5.92 Å². The molecule has 1 saturated carbocycles. The van der Waals surface area contributed by atoms with Crippen molar-refractivity contribution in [3.63, 3.8) is 0 Å². The third-order valence-electron chi connectivity index (χ3n) is 3.28. The molecule has 16 heavy (non-hydrogen) atoms. The predicted octanol–water partition coefficient (Wildman–Crippen LogP) is 2.30. The third kappa shape index (κ3) is 3.30. The molecular formula is C12H21N3O. The van der Waals surface area contributed by atoms with Crippen molar-refractivity contribution in [1.29, 1.82) is 0 Å². The highest BCUT2D eigenvalue weighted by molar-refractivity contribution is 4.87. The van der Waals surface area contributed by atoms with Crippen molar-refractivity contribution in [2.45, 2.75) is 51.5 Å². The number of hydrogen-bond acceptors (Lipinski definition) is 4. The fourth-order valence-corrected chi connectivity index (χ4v) is 2.42. The van der Waals surface area contributed by atoms with Crippen LogP contribution in [0.15, 0.2) is 4.52 Å². The quantitative estimate of drug-likeness (QED) is 0.796. The number of aromatic nitrogens is 2. The summed E-state index contributed by atoms with van der Waals surface area (Å²) in [6.07, 6.45) is 9.13. The van der Waals surface area contributed by atoms with Gasteiger partial charge in [-0.2, -0.15) is 4.98 Å². The summed E-state index contributed by atoms with van der Waals surface area (Å²) >= 11 is 0. The fourth-order valence-electron chi connectivity index (χ4n) is 2.42.